The number of hydrogen-bond acceptors (Lipinski definition) is 12. The minimum atomic E-state index is -0.990. The van der Waals surface area contributed by atoms with E-state index in [1.807, 2.05) is 115 Å². The van der Waals surface area contributed by atoms with Gasteiger partial charge in [-0.2, -0.15) is 0 Å². The van der Waals surface area contributed by atoms with Crippen LogP contribution in [0.4, 0.5) is 17.6 Å². The molecule has 684 valence electrons. The molecular formula is C104H97F4N10O4Pd3PtRh2S-5. The summed E-state index contributed by atoms with van der Waals surface area (Å²) in [6.07, 6.45) is 17.3. The van der Waals surface area contributed by atoms with Gasteiger partial charge in [0.15, 0.2) is 0 Å². The van der Waals surface area contributed by atoms with Gasteiger partial charge in [0.2, 0.25) is 0 Å². The number of aromatic nitrogens is 10. The second-order valence-corrected chi connectivity index (χ2v) is 29.0. The molecule has 0 aliphatic carbocycles. The largest absolute Gasteiger partial charge is 2.00 e. The molecule has 2 aliphatic heterocycles. The molecule has 8 bridgehead atoms. The van der Waals surface area contributed by atoms with Gasteiger partial charge in [-0.15, -0.1) is 142 Å². The van der Waals surface area contributed by atoms with E-state index in [0.717, 1.165) is 154 Å². The molecule has 12 heterocycles. The van der Waals surface area contributed by atoms with Crippen LogP contribution in [0.3, 0.4) is 0 Å². The number of aryl methyl sites for hydroxylation is 4. The topological polar surface area (TPSA) is 209 Å². The Morgan fingerprint density at radius 1 is 0.388 bits per heavy atom. The van der Waals surface area contributed by atoms with Crippen molar-refractivity contribution in [3.05, 3.63) is 372 Å². The summed E-state index contributed by atoms with van der Waals surface area (Å²) in [6, 6.07) is 84.0. The molecule has 0 saturated carbocycles. The van der Waals surface area contributed by atoms with Crippen LogP contribution in [0.5, 0.6) is 0 Å². The number of carboxylic acids is 1. The molecule has 10 aromatic heterocycles. The Balaban J connectivity index is 0.000000330. The average molecular weight is 2380 g/mol. The van der Waals surface area contributed by atoms with E-state index in [1.54, 1.807) is 98.5 Å². The summed E-state index contributed by atoms with van der Waals surface area (Å²) in [5.41, 5.74) is 25.5. The van der Waals surface area contributed by atoms with Gasteiger partial charge in [0.25, 0.3) is 0 Å². The average Bonchev–Trinajstić information content (AvgIpc) is 1.61. The number of allylic oxidation sites excluding steroid dienone is 4. The Morgan fingerprint density at radius 3 is 0.969 bits per heavy atom. The third-order valence-electron chi connectivity index (χ3n) is 19.5. The maximum absolute atomic E-state index is 13.2. The number of carbonyl (C=O) groups is 1. The summed E-state index contributed by atoms with van der Waals surface area (Å²) >= 11 is 1.73. The monoisotopic (exact) mass is 2380 g/mol. The van der Waals surface area contributed by atoms with Crippen molar-refractivity contribution in [2.24, 2.45) is 0 Å². The number of benzene rings is 5. The van der Waals surface area contributed by atoms with E-state index >= 15 is 0 Å². The van der Waals surface area contributed by atoms with Crippen molar-refractivity contribution in [2.45, 2.75) is 139 Å². The zero-order valence-corrected chi connectivity index (χ0v) is 83.5. The minimum Gasteiger partial charge on any atom is -0.657 e. The van der Waals surface area contributed by atoms with Gasteiger partial charge in [-0.3, -0.25) is 17.6 Å². The number of nitrogens with zero attached hydrogens (tertiary/aromatic N) is 10. The summed E-state index contributed by atoms with van der Waals surface area (Å²) in [5, 5.41) is 26.6. The predicted molar refractivity (Wildman–Crippen MR) is 488 cm³/mol. The Labute approximate surface area is 839 Å². The smallest absolute Gasteiger partial charge is 0.657 e. The maximum Gasteiger partial charge on any atom is 2.00 e. The van der Waals surface area contributed by atoms with Crippen LogP contribution in [-0.4, -0.2) is 73.4 Å². The molecule has 15 aromatic rings. The summed E-state index contributed by atoms with van der Waals surface area (Å²) in [4.78, 5) is 56.5. The van der Waals surface area contributed by atoms with Gasteiger partial charge in [0.1, 0.15) is 5.69 Å². The Kier molecular flexibility index (Phi) is 50.7. The molecule has 0 saturated heterocycles. The van der Waals surface area contributed by atoms with Crippen LogP contribution >= 0.6 is 11.3 Å². The van der Waals surface area contributed by atoms with Gasteiger partial charge < -0.3 is 50.2 Å². The minimum absolute atomic E-state index is 0. The number of thiophene rings is 1. The molecule has 25 heteroatoms. The molecule has 129 heavy (non-hydrogen) atoms. The van der Waals surface area contributed by atoms with Crippen LogP contribution in [0.2, 0.25) is 0 Å². The van der Waals surface area contributed by atoms with Gasteiger partial charge in [-0.25, -0.2) is 31.1 Å². The maximum atomic E-state index is 13.2. The first kappa shape index (κ1) is 112. The van der Waals surface area contributed by atoms with Crippen molar-refractivity contribution in [1.29, 1.82) is 0 Å². The van der Waals surface area contributed by atoms with Crippen molar-refractivity contribution >= 4 is 71.8 Å². The summed E-state index contributed by atoms with van der Waals surface area (Å²) in [6.45, 7) is 21.3. The van der Waals surface area contributed by atoms with Crippen LogP contribution in [0.15, 0.2) is 268 Å². The molecule has 14 nitrogen and oxygen atoms in total. The fourth-order valence-corrected chi connectivity index (χ4v) is 14.9. The van der Waals surface area contributed by atoms with Crippen LogP contribution in [-0.2, 0) is 147 Å². The summed E-state index contributed by atoms with van der Waals surface area (Å²) in [5.74, 6) is -3.56. The van der Waals surface area contributed by atoms with Crippen LogP contribution < -0.4 is 9.97 Å². The molecule has 0 fully saturated rings. The van der Waals surface area contributed by atoms with Crippen molar-refractivity contribution in [2.75, 3.05) is 0 Å². The van der Waals surface area contributed by atoms with Gasteiger partial charge in [0, 0.05) is 166 Å². The van der Waals surface area contributed by atoms with Crippen LogP contribution in [0.25, 0.3) is 110 Å². The van der Waals surface area contributed by atoms with Crippen molar-refractivity contribution in [1.82, 2.24) is 49.8 Å². The van der Waals surface area contributed by atoms with E-state index in [1.165, 1.54) is 66.9 Å². The second-order valence-electron chi connectivity index (χ2n) is 28.0. The van der Waals surface area contributed by atoms with Crippen molar-refractivity contribution in [3.63, 3.8) is 0 Å². The number of hydrogen-bond donors (Lipinski definition) is 3. The van der Waals surface area contributed by atoms with E-state index < -0.39 is 29.2 Å². The fraction of sp³-hybridized carbons (Fsp3) is 0.202. The van der Waals surface area contributed by atoms with Gasteiger partial charge in [0.05, 0.1) is 35.0 Å². The molecule has 2 unspecified atom stereocenters. The zero-order chi connectivity index (χ0) is 87.6. The quantitative estimate of drug-likeness (QED) is 0.0467. The Bertz CT molecular complexity index is 5630. The summed E-state index contributed by atoms with van der Waals surface area (Å²) in [7, 11) is 0. The molecule has 2 aliphatic rings. The van der Waals surface area contributed by atoms with E-state index in [-0.39, 0.29) is 150 Å². The number of fused-ring (bicyclic) bond motifs is 9. The standard InChI is InChI=1S/C36H44N4.C13H8NS.2C11H6F2N.2C11H8N.C6H5NO2.C5H12O2.3Pd.Pt.2Rh/c1-9-21-22(10-2)30-18-32-25(13-5)26(14-6)34(39-32)20-36-28(16-8)27(15-7)35(40-36)19-33-24(12-4)23(11-3)31(38-33)17-29(21)37-30;1-2-7-12-10(5-1)9-13(15-12)11-6-3-4-8-14-11;2*12-8-4-5-9(10(13)7-8)11-3-1-2-6-14-11;2*1-2-6-10(7-3-1)11-8-4-5-9-12-11;8-6(9)5-3-1-2-4-7-5;1-4(6)3-5(2)7;;;;;;/h17-20H,9-16H2,1-8H3;1-8H;2*1-4,6-7H;2*1-6,8-9H;1-4H,(H,8,9);4-7H,3H2,1-2H3;;;;;;/q-2;5*-1;;;;;;+2;;. The fourth-order valence-electron chi connectivity index (χ4n) is 13.9. The molecule has 3 N–H and O–H groups in total. The zero-order valence-electron chi connectivity index (χ0n) is 72.5. The number of carboxylic acid groups (broad SMARTS) is 1. The van der Waals surface area contributed by atoms with E-state index in [4.69, 9.17) is 35.3 Å². The number of aromatic carboxylic acids is 1. The normalized spacial score (nSPS) is 11.1. The molecule has 2 atom stereocenters. The number of rotatable bonds is 16. The third kappa shape index (κ3) is 32.2. The summed E-state index contributed by atoms with van der Waals surface area (Å²) < 4.78 is 52.9. The molecule has 0 amide bonds. The first-order valence-electron chi connectivity index (χ1n) is 41.1. The van der Waals surface area contributed by atoms with Crippen LogP contribution in [0.1, 0.15) is 157 Å². The number of aliphatic hydroxyl groups is 2. The number of halogens is 4. The Hall–Kier alpha value is -9.41. The first-order chi connectivity index (χ1) is 59.8. The van der Waals surface area contributed by atoms with Gasteiger partial charge in [-0.1, -0.05) is 204 Å². The van der Waals surface area contributed by atoms with Gasteiger partial charge >= 0.3 is 27.0 Å². The Morgan fingerprint density at radius 2 is 0.705 bits per heavy atom. The van der Waals surface area contributed by atoms with Crippen molar-refractivity contribution < 1.29 is 159 Å². The predicted octanol–water partition coefficient (Wildman–Crippen LogP) is 24.7. The van der Waals surface area contributed by atoms with Crippen molar-refractivity contribution in [3.8, 4) is 55.6 Å². The number of pyridine rings is 6. The first-order valence-corrected chi connectivity index (χ1v) is 41.9. The van der Waals surface area contributed by atoms with E-state index in [2.05, 4.69) is 158 Å². The van der Waals surface area contributed by atoms with E-state index in [0.29, 0.717) is 17.8 Å². The number of aliphatic hydroxyl groups excluding tert-OH is 2. The molecule has 17 rings (SSSR count). The van der Waals surface area contributed by atoms with E-state index in [9.17, 15) is 22.4 Å². The third-order valence-corrected chi connectivity index (χ3v) is 20.6. The molecule has 2 radical (unpaired) electrons. The molecule has 0 spiro atoms. The van der Waals surface area contributed by atoms with Gasteiger partial charge in [-0.05, 0) is 169 Å². The molecular weight excluding hydrogens is 2280 g/mol. The second kappa shape index (κ2) is 58.4. The van der Waals surface area contributed by atoms with Crippen LogP contribution in [0, 0.1) is 53.6 Å². The molecule has 5 aromatic carbocycles. The SMILES string of the molecule is CC(O)CC(C)O.CCC1=C(CC)c2cc3[n-]c(cc4nc(cc5[n-]c(cc1n2)c(CC)c5CC)C(CC)=C4CC)c(CC)c3CC.Fc1c[c-]c(-c2ccccn2)c(F)c1.Fc1c[c-]c(-c2ccccn2)c(F)c1.O=C(O)c1ccccn1.[Pd].[Pd].[Pd].[Pt+2].[Rh].[Rh].[c-]1c(-c2ccccn2)sc2ccccc12.[c-]1ccccc1-c1ccccn1.[c-]1ccccc1-c1ccccn1.